The minimum Gasteiger partial charge on any atom is -0.381 e. The number of benzene rings is 1. The summed E-state index contributed by atoms with van der Waals surface area (Å²) in [5.74, 6) is -0.558. The number of fused-ring (bicyclic) bond motifs is 1. The summed E-state index contributed by atoms with van der Waals surface area (Å²) in [6, 6.07) is 12.6. The fraction of sp³-hybridized carbons (Fsp3) is 0.400. The van der Waals surface area contributed by atoms with Crippen LogP contribution >= 0.6 is 11.3 Å². The number of hydrogen-bond donors (Lipinski definition) is 1. The van der Waals surface area contributed by atoms with E-state index in [1.807, 2.05) is 23.4 Å². The summed E-state index contributed by atoms with van der Waals surface area (Å²) in [5, 5.41) is 25.5. The van der Waals surface area contributed by atoms with Gasteiger partial charge in [0.1, 0.15) is 28.1 Å². The van der Waals surface area contributed by atoms with Crippen molar-refractivity contribution in [3.8, 4) is 17.3 Å². The zero-order valence-corrected chi connectivity index (χ0v) is 24.6. The quantitative estimate of drug-likeness (QED) is 0.362. The van der Waals surface area contributed by atoms with Crippen LogP contribution in [0.3, 0.4) is 0 Å². The van der Waals surface area contributed by atoms with Crippen molar-refractivity contribution in [2.45, 2.75) is 39.7 Å². The number of rotatable bonds is 6. The van der Waals surface area contributed by atoms with E-state index in [0.717, 1.165) is 47.8 Å². The first-order valence-electron chi connectivity index (χ1n) is 13.6. The van der Waals surface area contributed by atoms with Crippen LogP contribution in [0.4, 0.5) is 20.9 Å². The Morgan fingerprint density at radius 3 is 2.51 bits per heavy atom. The number of likely N-dealkylation sites (tertiary alicyclic amines) is 1. The second-order valence-corrected chi connectivity index (χ2v) is 12.7. The molecule has 2 aliphatic heterocycles. The van der Waals surface area contributed by atoms with Gasteiger partial charge < -0.3 is 19.8 Å². The molecular weight excluding hydrogens is 541 g/mol. The molecule has 0 aliphatic carbocycles. The van der Waals surface area contributed by atoms with Crippen LogP contribution in [-0.2, 0) is 11.2 Å². The number of aromatic nitrogens is 3. The summed E-state index contributed by atoms with van der Waals surface area (Å²) < 4.78 is 15.5. The van der Waals surface area contributed by atoms with Gasteiger partial charge in [-0.1, -0.05) is 18.3 Å². The highest BCUT2D eigenvalue weighted by molar-refractivity contribution is 7.16. The average Bonchev–Trinajstić information content (AvgIpc) is 3.48. The Bertz CT molecular complexity index is 1700. The van der Waals surface area contributed by atoms with E-state index >= 15 is 0 Å². The maximum atomic E-state index is 13.5. The second kappa shape index (κ2) is 9.53. The molecule has 2 saturated heterocycles. The Morgan fingerprint density at radius 2 is 1.90 bits per heavy atom. The number of aliphatic hydroxyl groups is 1. The number of nitriles is 1. The SMILES string of the molecule is CCc1nn2c(C)cc(N3CC4(CN(C(=O)C(C)(C)O)C4)C3)cc2c1N(C)c1nc(-c2ccc(F)cc2)c(C#N)s1. The normalized spacial score (nSPS) is 16.0. The average molecular weight is 574 g/mol. The molecule has 4 aromatic rings. The van der Waals surface area contributed by atoms with Crippen LogP contribution in [0.2, 0.25) is 0 Å². The van der Waals surface area contributed by atoms with Crippen molar-refractivity contribution < 1.29 is 14.3 Å². The molecule has 9 nitrogen and oxygen atoms in total. The second-order valence-electron chi connectivity index (χ2n) is 11.7. The Morgan fingerprint density at radius 1 is 1.22 bits per heavy atom. The highest BCUT2D eigenvalue weighted by Crippen LogP contribution is 2.44. The summed E-state index contributed by atoms with van der Waals surface area (Å²) >= 11 is 1.30. The van der Waals surface area contributed by atoms with Gasteiger partial charge in [-0.2, -0.15) is 10.4 Å². The molecule has 11 heteroatoms. The highest BCUT2D eigenvalue weighted by Gasteiger charge is 2.54. The minimum absolute atomic E-state index is 0.0702. The van der Waals surface area contributed by atoms with E-state index in [0.29, 0.717) is 34.4 Å². The molecule has 2 aliphatic rings. The predicted octanol–water partition coefficient (Wildman–Crippen LogP) is 4.53. The van der Waals surface area contributed by atoms with Crippen molar-refractivity contribution in [2.75, 3.05) is 43.0 Å². The summed E-state index contributed by atoms with van der Waals surface area (Å²) in [6.07, 6.45) is 0.718. The molecule has 41 heavy (non-hydrogen) atoms. The number of nitrogens with zero attached hydrogens (tertiary/aromatic N) is 7. The largest absolute Gasteiger partial charge is 0.381 e. The molecule has 1 spiro atoms. The van der Waals surface area contributed by atoms with Crippen molar-refractivity contribution in [1.82, 2.24) is 19.5 Å². The molecule has 0 bridgehead atoms. The zero-order chi connectivity index (χ0) is 29.3. The summed E-state index contributed by atoms with van der Waals surface area (Å²) in [4.78, 5) is 23.7. The lowest BCUT2D eigenvalue weighted by molar-refractivity contribution is -0.162. The Balaban J connectivity index is 1.30. The van der Waals surface area contributed by atoms with E-state index in [2.05, 4.69) is 30.0 Å². The molecule has 1 amide bonds. The third-order valence-electron chi connectivity index (χ3n) is 8.01. The van der Waals surface area contributed by atoms with Gasteiger partial charge in [-0.3, -0.25) is 4.79 Å². The van der Waals surface area contributed by atoms with Gasteiger partial charge >= 0.3 is 0 Å². The van der Waals surface area contributed by atoms with Gasteiger partial charge in [-0.25, -0.2) is 13.9 Å². The van der Waals surface area contributed by atoms with Crippen LogP contribution in [0.15, 0.2) is 36.4 Å². The van der Waals surface area contributed by atoms with E-state index < -0.39 is 5.60 Å². The van der Waals surface area contributed by atoms with Crippen LogP contribution in [0.5, 0.6) is 0 Å². The number of thiazole rings is 1. The Labute approximate surface area is 242 Å². The molecular formula is C30H32FN7O2S. The lowest BCUT2D eigenvalue weighted by Crippen LogP contribution is -2.74. The molecule has 0 radical (unpaired) electrons. The maximum absolute atomic E-state index is 13.5. The van der Waals surface area contributed by atoms with Crippen LogP contribution in [0.25, 0.3) is 16.8 Å². The molecule has 0 unspecified atom stereocenters. The van der Waals surface area contributed by atoms with Crippen LogP contribution in [-0.4, -0.2) is 69.3 Å². The minimum atomic E-state index is -1.35. The lowest BCUT2D eigenvalue weighted by atomic mass is 9.72. The zero-order valence-electron chi connectivity index (χ0n) is 23.8. The molecule has 0 atom stereocenters. The number of aryl methyl sites for hydroxylation is 2. The van der Waals surface area contributed by atoms with Crippen molar-refractivity contribution >= 4 is 39.3 Å². The van der Waals surface area contributed by atoms with Crippen LogP contribution in [0, 0.1) is 29.5 Å². The standard InChI is InChI=1S/C30H32FN7O2S/c1-6-22-26(35(5)28-33-25(24(13-32)41-28)19-7-9-20(31)10-8-19)23-12-21(11-18(2)38(23)34-22)36-14-30(15-36)16-37(17-30)27(39)29(3,4)40/h7-12,40H,6,14-17H2,1-5H3. The van der Waals surface area contributed by atoms with E-state index in [9.17, 15) is 19.6 Å². The monoisotopic (exact) mass is 573 g/mol. The third kappa shape index (κ3) is 4.51. The number of amides is 1. The number of anilines is 3. The lowest BCUT2D eigenvalue weighted by Gasteiger charge is -2.61. The first kappa shape index (κ1) is 27.2. The molecule has 2 fully saturated rings. The molecule has 5 heterocycles. The maximum Gasteiger partial charge on any atom is 0.253 e. The predicted molar refractivity (Wildman–Crippen MR) is 157 cm³/mol. The molecule has 1 aromatic carbocycles. The fourth-order valence-electron chi connectivity index (χ4n) is 5.98. The van der Waals surface area contributed by atoms with Crippen molar-refractivity contribution in [1.29, 1.82) is 5.26 Å². The molecule has 212 valence electrons. The Kier molecular flexibility index (Phi) is 6.32. The van der Waals surface area contributed by atoms with Crippen molar-refractivity contribution in [3.05, 3.63) is 58.5 Å². The number of hydrogen-bond acceptors (Lipinski definition) is 8. The number of carbonyl (C=O) groups is 1. The van der Waals surface area contributed by atoms with Gasteiger partial charge in [0, 0.05) is 55.6 Å². The van der Waals surface area contributed by atoms with Gasteiger partial charge in [0.05, 0.1) is 16.9 Å². The van der Waals surface area contributed by atoms with Crippen molar-refractivity contribution in [3.63, 3.8) is 0 Å². The van der Waals surface area contributed by atoms with Crippen molar-refractivity contribution in [2.24, 2.45) is 5.41 Å². The third-order valence-corrected chi connectivity index (χ3v) is 9.05. The molecule has 0 saturated carbocycles. The summed E-state index contributed by atoms with van der Waals surface area (Å²) in [5.41, 5.74) is 4.85. The van der Waals surface area contributed by atoms with Gasteiger partial charge in [0.15, 0.2) is 5.13 Å². The van der Waals surface area contributed by atoms with E-state index in [4.69, 9.17) is 10.1 Å². The molecule has 6 rings (SSSR count). The smallest absolute Gasteiger partial charge is 0.253 e. The first-order valence-corrected chi connectivity index (χ1v) is 14.4. The number of pyridine rings is 1. The van der Waals surface area contributed by atoms with E-state index in [1.54, 1.807) is 17.0 Å². The van der Waals surface area contributed by atoms with Crippen LogP contribution < -0.4 is 9.80 Å². The van der Waals surface area contributed by atoms with Crippen LogP contribution in [0.1, 0.15) is 37.0 Å². The van der Waals surface area contributed by atoms with Gasteiger partial charge in [-0.15, -0.1) is 0 Å². The topological polar surface area (TPSA) is 101 Å². The number of carbonyl (C=O) groups excluding carboxylic acids is 1. The number of halogens is 1. The van der Waals surface area contributed by atoms with Gasteiger partial charge in [0.25, 0.3) is 5.91 Å². The van der Waals surface area contributed by atoms with E-state index in [-0.39, 0.29) is 17.1 Å². The first-order chi connectivity index (χ1) is 19.4. The highest BCUT2D eigenvalue weighted by atomic mass is 32.1. The van der Waals surface area contributed by atoms with Gasteiger partial charge in [-0.05, 0) is 63.6 Å². The molecule has 3 aromatic heterocycles. The fourth-order valence-corrected chi connectivity index (χ4v) is 6.83. The molecule has 1 N–H and O–H groups in total. The van der Waals surface area contributed by atoms with E-state index in [1.165, 1.54) is 37.3 Å². The van der Waals surface area contributed by atoms with Gasteiger partial charge in [0.2, 0.25) is 0 Å². The summed E-state index contributed by atoms with van der Waals surface area (Å²) in [7, 11) is 1.94. The Hall–Kier alpha value is -4.01. The summed E-state index contributed by atoms with van der Waals surface area (Å²) in [6.45, 7) is 10.2.